The highest BCUT2D eigenvalue weighted by Gasteiger charge is 2.36. The van der Waals surface area contributed by atoms with Crippen LogP contribution in [-0.2, 0) is 22.6 Å². The average Bonchev–Trinajstić information content (AvgIpc) is 2.94. The quantitative estimate of drug-likeness (QED) is 0.646. The largest absolute Gasteiger partial charge is 0.460 e. The Balaban J connectivity index is 2.00. The molecule has 0 aliphatic carbocycles. The molecule has 31 heavy (non-hydrogen) atoms. The summed E-state index contributed by atoms with van der Waals surface area (Å²) >= 11 is 12.6. The molecule has 1 aromatic carbocycles. The second kappa shape index (κ2) is 8.77. The molecule has 1 aromatic heterocycles. The summed E-state index contributed by atoms with van der Waals surface area (Å²) < 4.78 is 5.46. The van der Waals surface area contributed by atoms with Crippen LogP contribution in [0.4, 0.5) is 0 Å². The Morgan fingerprint density at radius 3 is 2.55 bits per heavy atom. The lowest BCUT2D eigenvalue weighted by atomic mass is 9.93. The molecule has 3 rings (SSSR count). The van der Waals surface area contributed by atoms with Gasteiger partial charge in [-0.15, -0.1) is 0 Å². The van der Waals surface area contributed by atoms with Gasteiger partial charge >= 0.3 is 5.97 Å². The van der Waals surface area contributed by atoms with E-state index in [1.54, 1.807) is 30.0 Å². The topological polar surface area (TPSA) is 85.5 Å². The van der Waals surface area contributed by atoms with E-state index in [2.05, 4.69) is 4.98 Å². The van der Waals surface area contributed by atoms with Gasteiger partial charge in [-0.25, -0.2) is 0 Å². The number of benzene rings is 1. The van der Waals surface area contributed by atoms with Crippen LogP contribution in [0.25, 0.3) is 11.1 Å². The summed E-state index contributed by atoms with van der Waals surface area (Å²) in [4.78, 5) is 32.1. The third-order valence-electron chi connectivity index (χ3n) is 5.13. The van der Waals surface area contributed by atoms with E-state index in [1.807, 2.05) is 27.7 Å². The van der Waals surface area contributed by atoms with Crippen LogP contribution >= 0.6 is 23.2 Å². The fraction of sp³-hybridized carbons (Fsp3) is 0.435. The standard InChI is InChI=1S/C23H27Cl2N3O3/c1-12(22(30)31-23(3,4)5)10-28-11-18-20(21(28)29)19(16(9-26)13(2)27-18)15-7-6-14(24)8-17(15)25/h6-8,12H,9-11,26H2,1-5H3/t12-/m1/s1. The van der Waals surface area contributed by atoms with Crippen molar-refractivity contribution in [1.82, 2.24) is 9.88 Å². The van der Waals surface area contributed by atoms with Crippen molar-refractivity contribution in [1.29, 1.82) is 0 Å². The van der Waals surface area contributed by atoms with Crippen molar-refractivity contribution in [2.75, 3.05) is 6.54 Å². The first-order chi connectivity index (χ1) is 14.4. The van der Waals surface area contributed by atoms with Gasteiger partial charge in [0.25, 0.3) is 5.91 Å². The van der Waals surface area contributed by atoms with Gasteiger partial charge in [-0.3, -0.25) is 14.6 Å². The van der Waals surface area contributed by atoms with Crippen LogP contribution < -0.4 is 5.73 Å². The number of carbonyl (C=O) groups is 2. The summed E-state index contributed by atoms with van der Waals surface area (Å²) in [5, 5.41) is 0.938. The Hall–Kier alpha value is -2.15. The van der Waals surface area contributed by atoms with E-state index in [4.69, 9.17) is 33.7 Å². The lowest BCUT2D eigenvalue weighted by Gasteiger charge is -2.24. The van der Waals surface area contributed by atoms with Crippen molar-refractivity contribution in [3.8, 4) is 11.1 Å². The zero-order valence-corrected chi connectivity index (χ0v) is 19.9. The fourth-order valence-corrected chi connectivity index (χ4v) is 4.25. The molecular weight excluding hydrogens is 437 g/mol. The maximum absolute atomic E-state index is 13.4. The first kappa shape index (κ1) is 23.5. The number of hydrogen-bond acceptors (Lipinski definition) is 5. The first-order valence-electron chi connectivity index (χ1n) is 10.1. The molecule has 166 valence electrons. The first-order valence-corrected chi connectivity index (χ1v) is 10.9. The fourth-order valence-electron chi connectivity index (χ4n) is 3.75. The molecule has 0 bridgehead atoms. The molecule has 0 radical (unpaired) electrons. The molecule has 6 nitrogen and oxygen atoms in total. The van der Waals surface area contributed by atoms with Crippen molar-refractivity contribution in [3.05, 3.63) is 50.8 Å². The Morgan fingerprint density at radius 1 is 1.29 bits per heavy atom. The lowest BCUT2D eigenvalue weighted by molar-refractivity contribution is -0.159. The monoisotopic (exact) mass is 463 g/mol. The molecule has 1 atom stereocenters. The summed E-state index contributed by atoms with van der Waals surface area (Å²) in [6.07, 6.45) is 0. The molecule has 0 spiro atoms. The van der Waals surface area contributed by atoms with Gasteiger partial charge in [-0.05, 0) is 45.4 Å². The van der Waals surface area contributed by atoms with Crippen molar-refractivity contribution in [2.24, 2.45) is 11.7 Å². The number of fused-ring (bicyclic) bond motifs is 1. The number of aryl methyl sites for hydroxylation is 1. The number of ether oxygens (including phenoxy) is 1. The second-order valence-electron chi connectivity index (χ2n) is 8.82. The van der Waals surface area contributed by atoms with Gasteiger partial charge in [0.2, 0.25) is 0 Å². The van der Waals surface area contributed by atoms with Crippen molar-refractivity contribution in [3.63, 3.8) is 0 Å². The van der Waals surface area contributed by atoms with Gasteiger partial charge in [0.15, 0.2) is 0 Å². The maximum Gasteiger partial charge on any atom is 0.310 e. The predicted molar refractivity (Wildman–Crippen MR) is 122 cm³/mol. The number of pyridine rings is 1. The van der Waals surface area contributed by atoms with Gasteiger partial charge in [-0.1, -0.05) is 36.2 Å². The third-order valence-corrected chi connectivity index (χ3v) is 5.68. The van der Waals surface area contributed by atoms with Crippen molar-refractivity contribution < 1.29 is 14.3 Å². The van der Waals surface area contributed by atoms with Crippen LogP contribution in [0.5, 0.6) is 0 Å². The number of nitrogens with zero attached hydrogens (tertiary/aromatic N) is 2. The summed E-state index contributed by atoms with van der Waals surface area (Å²) in [6.45, 7) is 9.83. The second-order valence-corrected chi connectivity index (χ2v) is 9.66. The van der Waals surface area contributed by atoms with Crippen LogP contribution in [-0.4, -0.2) is 33.9 Å². The Kier molecular flexibility index (Phi) is 6.65. The number of halogens is 2. The van der Waals surface area contributed by atoms with Gasteiger partial charge in [0.1, 0.15) is 5.60 Å². The summed E-state index contributed by atoms with van der Waals surface area (Å²) in [7, 11) is 0. The highest BCUT2D eigenvalue weighted by Crippen LogP contribution is 2.40. The lowest BCUT2D eigenvalue weighted by Crippen LogP contribution is -2.35. The zero-order chi connectivity index (χ0) is 23.1. The van der Waals surface area contributed by atoms with E-state index < -0.39 is 11.5 Å². The Bertz CT molecular complexity index is 1050. The molecule has 0 unspecified atom stereocenters. The highest BCUT2D eigenvalue weighted by molar-refractivity contribution is 6.36. The van der Waals surface area contributed by atoms with Gasteiger partial charge < -0.3 is 15.4 Å². The van der Waals surface area contributed by atoms with Crippen LogP contribution in [0.1, 0.15) is 55.0 Å². The minimum atomic E-state index is -0.587. The van der Waals surface area contributed by atoms with Crippen LogP contribution in [0.3, 0.4) is 0 Å². The summed E-state index contributed by atoms with van der Waals surface area (Å²) in [5.41, 5.74) is 9.45. The average molecular weight is 464 g/mol. The number of esters is 1. The number of rotatable bonds is 5. The predicted octanol–water partition coefficient (Wildman–Crippen LogP) is 4.76. The molecule has 0 fully saturated rings. The van der Waals surface area contributed by atoms with Gasteiger partial charge in [-0.2, -0.15) is 0 Å². The highest BCUT2D eigenvalue weighted by atomic mass is 35.5. The van der Waals surface area contributed by atoms with Gasteiger partial charge in [0.05, 0.1) is 23.7 Å². The van der Waals surface area contributed by atoms with Crippen LogP contribution in [0.15, 0.2) is 18.2 Å². The van der Waals surface area contributed by atoms with Gasteiger partial charge in [0, 0.05) is 40.0 Å². The van der Waals surface area contributed by atoms with E-state index in [0.29, 0.717) is 39.0 Å². The SMILES string of the molecule is Cc1nc2c(c(-c3ccc(Cl)cc3Cl)c1CN)C(=O)N(C[C@@H](C)C(=O)OC(C)(C)C)C2. The molecule has 1 aliphatic heterocycles. The molecule has 0 saturated heterocycles. The van der Waals surface area contributed by atoms with E-state index in [1.165, 1.54) is 0 Å². The Labute approximate surface area is 192 Å². The van der Waals surface area contributed by atoms with Crippen LogP contribution in [0.2, 0.25) is 10.0 Å². The van der Waals surface area contributed by atoms with Crippen LogP contribution in [0, 0.1) is 12.8 Å². The minimum absolute atomic E-state index is 0.200. The smallest absolute Gasteiger partial charge is 0.310 e. The minimum Gasteiger partial charge on any atom is -0.460 e. The van der Waals surface area contributed by atoms with E-state index in [0.717, 1.165) is 11.3 Å². The molecule has 8 heteroatoms. The molecule has 2 aromatic rings. The maximum atomic E-state index is 13.4. The van der Waals surface area contributed by atoms with E-state index in [-0.39, 0.29) is 25.0 Å². The number of hydrogen-bond donors (Lipinski definition) is 1. The van der Waals surface area contributed by atoms with Crippen molar-refractivity contribution in [2.45, 2.75) is 53.3 Å². The molecule has 2 heterocycles. The Morgan fingerprint density at radius 2 is 1.97 bits per heavy atom. The zero-order valence-electron chi connectivity index (χ0n) is 18.4. The number of nitrogens with two attached hydrogens (primary N) is 1. The number of carbonyl (C=O) groups excluding carboxylic acids is 2. The molecule has 1 aliphatic rings. The molecule has 0 saturated carbocycles. The molecular formula is C23H27Cl2N3O3. The van der Waals surface area contributed by atoms with Crippen molar-refractivity contribution >= 4 is 35.1 Å². The van der Waals surface area contributed by atoms with E-state index in [9.17, 15) is 9.59 Å². The molecule has 2 N–H and O–H groups in total. The third kappa shape index (κ3) is 4.86. The number of amides is 1. The summed E-state index contributed by atoms with van der Waals surface area (Å²) in [5.74, 6) is -1.02. The summed E-state index contributed by atoms with van der Waals surface area (Å²) in [6, 6.07) is 5.16. The van der Waals surface area contributed by atoms with E-state index >= 15 is 0 Å². The molecule has 1 amide bonds. The normalized spacial score (nSPS) is 14.6. The number of aromatic nitrogens is 1.